The van der Waals surface area contributed by atoms with Crippen LogP contribution in [0, 0.1) is 17.8 Å². The summed E-state index contributed by atoms with van der Waals surface area (Å²) in [6.45, 7) is 4.51. The van der Waals surface area contributed by atoms with Crippen molar-refractivity contribution in [2.75, 3.05) is 20.3 Å². The molecule has 3 rings (SSSR count). The van der Waals surface area contributed by atoms with Crippen LogP contribution in [0.15, 0.2) is 24.3 Å². The highest BCUT2D eigenvalue weighted by Gasteiger charge is 2.42. The van der Waals surface area contributed by atoms with E-state index in [0.29, 0.717) is 29.7 Å². The summed E-state index contributed by atoms with van der Waals surface area (Å²) in [5.74, 6) is 0.476. The maximum Gasteiger partial charge on any atom is 0.311 e. The number of carbonyl (C=O) groups is 3. The number of amides is 1. The van der Waals surface area contributed by atoms with Crippen molar-refractivity contribution in [3.8, 4) is 5.75 Å². The van der Waals surface area contributed by atoms with Crippen LogP contribution in [0.25, 0.3) is 0 Å². The fourth-order valence-corrected chi connectivity index (χ4v) is 4.32. The predicted molar refractivity (Wildman–Crippen MR) is 104 cm³/mol. The topological polar surface area (TPSA) is 72.9 Å². The third-order valence-electron chi connectivity index (χ3n) is 6.31. The summed E-state index contributed by atoms with van der Waals surface area (Å²) >= 11 is 0. The molecule has 2 aliphatic rings. The summed E-state index contributed by atoms with van der Waals surface area (Å²) in [7, 11) is 1.56. The van der Waals surface area contributed by atoms with E-state index in [0.717, 1.165) is 12.8 Å². The first kappa shape index (κ1) is 20.4. The van der Waals surface area contributed by atoms with Crippen LogP contribution >= 0.6 is 0 Å². The molecule has 0 radical (unpaired) electrons. The first-order valence-electron chi connectivity index (χ1n) is 10.0. The van der Waals surface area contributed by atoms with Crippen molar-refractivity contribution in [3.63, 3.8) is 0 Å². The number of rotatable bonds is 6. The van der Waals surface area contributed by atoms with E-state index in [4.69, 9.17) is 9.47 Å². The molecule has 1 aliphatic carbocycles. The van der Waals surface area contributed by atoms with Crippen LogP contribution in [-0.4, -0.2) is 48.9 Å². The standard InChI is InChI=1S/C22H29NO5/c1-14-5-4-6-19(15(14)2)23-12-17(11-21(23)25)22(26)28-13-20(24)16-7-9-18(27-3)10-8-16/h7-10,14-15,17,19H,4-6,11-13H2,1-3H3/t14-,15+,17+,19+/m0/s1. The Bertz CT molecular complexity index is 729. The second-order valence-corrected chi connectivity index (χ2v) is 8.04. The van der Waals surface area contributed by atoms with Crippen molar-refractivity contribution in [2.24, 2.45) is 17.8 Å². The second-order valence-electron chi connectivity index (χ2n) is 8.04. The summed E-state index contributed by atoms with van der Waals surface area (Å²) in [6, 6.07) is 6.86. The Morgan fingerprint density at radius 3 is 2.54 bits per heavy atom. The van der Waals surface area contributed by atoms with Crippen LogP contribution in [0.3, 0.4) is 0 Å². The number of hydrogen-bond acceptors (Lipinski definition) is 5. The zero-order valence-electron chi connectivity index (χ0n) is 16.8. The number of methoxy groups -OCH3 is 1. The van der Waals surface area contributed by atoms with Gasteiger partial charge in [-0.25, -0.2) is 0 Å². The molecular weight excluding hydrogens is 358 g/mol. The van der Waals surface area contributed by atoms with Crippen molar-refractivity contribution < 1.29 is 23.9 Å². The van der Waals surface area contributed by atoms with Gasteiger partial charge in [0.05, 0.1) is 13.0 Å². The molecule has 1 aromatic rings. The molecule has 1 saturated carbocycles. The van der Waals surface area contributed by atoms with Gasteiger partial charge in [-0.05, 0) is 42.5 Å². The molecule has 1 heterocycles. The van der Waals surface area contributed by atoms with E-state index >= 15 is 0 Å². The predicted octanol–water partition coefficient (Wildman–Crippen LogP) is 3.09. The minimum atomic E-state index is -0.486. The molecule has 1 amide bonds. The van der Waals surface area contributed by atoms with Crippen LogP contribution < -0.4 is 4.74 Å². The lowest BCUT2D eigenvalue weighted by atomic mass is 9.77. The van der Waals surface area contributed by atoms with Gasteiger partial charge >= 0.3 is 5.97 Å². The summed E-state index contributed by atoms with van der Waals surface area (Å²) < 4.78 is 10.3. The number of nitrogens with zero attached hydrogens (tertiary/aromatic N) is 1. The molecule has 6 heteroatoms. The highest BCUT2D eigenvalue weighted by molar-refractivity contribution is 5.98. The SMILES string of the molecule is COc1ccc(C(=O)COC(=O)[C@@H]2CC(=O)N([C@@H]3CCC[C@H](C)[C@H]3C)C2)cc1. The molecule has 0 aromatic heterocycles. The molecule has 0 bridgehead atoms. The molecule has 152 valence electrons. The van der Waals surface area contributed by atoms with Crippen molar-refractivity contribution in [1.82, 2.24) is 4.90 Å². The number of likely N-dealkylation sites (tertiary alicyclic amines) is 1. The number of esters is 1. The van der Waals surface area contributed by atoms with E-state index in [9.17, 15) is 14.4 Å². The molecular formula is C22H29NO5. The minimum absolute atomic E-state index is 0.0226. The van der Waals surface area contributed by atoms with Gasteiger partial charge in [-0.1, -0.05) is 26.7 Å². The van der Waals surface area contributed by atoms with Gasteiger partial charge in [-0.2, -0.15) is 0 Å². The molecule has 28 heavy (non-hydrogen) atoms. The quantitative estimate of drug-likeness (QED) is 0.554. The zero-order valence-corrected chi connectivity index (χ0v) is 16.8. The maximum atomic E-state index is 12.5. The molecule has 2 fully saturated rings. The van der Waals surface area contributed by atoms with E-state index in [2.05, 4.69) is 13.8 Å². The van der Waals surface area contributed by atoms with E-state index < -0.39 is 11.9 Å². The van der Waals surface area contributed by atoms with Crippen molar-refractivity contribution in [3.05, 3.63) is 29.8 Å². The number of ether oxygens (including phenoxy) is 2. The molecule has 6 nitrogen and oxygen atoms in total. The number of hydrogen-bond donors (Lipinski definition) is 0. The van der Waals surface area contributed by atoms with Crippen molar-refractivity contribution >= 4 is 17.7 Å². The van der Waals surface area contributed by atoms with Crippen LogP contribution in [0.1, 0.15) is 49.9 Å². The average Bonchev–Trinajstić information content (AvgIpc) is 3.09. The highest BCUT2D eigenvalue weighted by Crippen LogP contribution is 2.35. The van der Waals surface area contributed by atoms with Gasteiger partial charge in [0.1, 0.15) is 5.75 Å². The lowest BCUT2D eigenvalue weighted by Crippen LogP contribution is -2.45. The fourth-order valence-electron chi connectivity index (χ4n) is 4.32. The Kier molecular flexibility index (Phi) is 6.37. The van der Waals surface area contributed by atoms with Gasteiger partial charge < -0.3 is 14.4 Å². The van der Waals surface area contributed by atoms with Gasteiger partial charge in [-0.15, -0.1) is 0 Å². The average molecular weight is 387 g/mol. The second kappa shape index (κ2) is 8.76. The van der Waals surface area contributed by atoms with E-state index in [-0.39, 0.29) is 30.8 Å². The summed E-state index contributed by atoms with van der Waals surface area (Å²) in [4.78, 5) is 39.0. The van der Waals surface area contributed by atoms with Gasteiger partial charge in [-0.3, -0.25) is 14.4 Å². The maximum absolute atomic E-state index is 12.5. The molecule has 0 spiro atoms. The Balaban J connectivity index is 1.53. The zero-order chi connectivity index (χ0) is 20.3. The van der Waals surface area contributed by atoms with E-state index in [1.807, 2.05) is 4.90 Å². The molecule has 4 atom stereocenters. The normalized spacial score (nSPS) is 27.5. The Morgan fingerprint density at radius 1 is 1.14 bits per heavy atom. The fraction of sp³-hybridized carbons (Fsp3) is 0.591. The smallest absolute Gasteiger partial charge is 0.311 e. The van der Waals surface area contributed by atoms with Gasteiger partial charge in [0.15, 0.2) is 12.4 Å². The first-order chi connectivity index (χ1) is 13.4. The largest absolute Gasteiger partial charge is 0.497 e. The number of Topliss-reactive ketones (excluding diaryl/α,β-unsaturated/α-hetero) is 1. The van der Waals surface area contributed by atoms with Crippen LogP contribution in [0.2, 0.25) is 0 Å². The van der Waals surface area contributed by atoms with E-state index in [1.54, 1.807) is 31.4 Å². The summed E-state index contributed by atoms with van der Waals surface area (Å²) in [6.07, 6.45) is 3.48. The Hall–Kier alpha value is -2.37. The van der Waals surface area contributed by atoms with Crippen LogP contribution in [0.5, 0.6) is 5.75 Å². The van der Waals surface area contributed by atoms with Crippen molar-refractivity contribution in [2.45, 2.75) is 45.6 Å². The van der Waals surface area contributed by atoms with E-state index in [1.165, 1.54) is 6.42 Å². The molecule has 0 N–H and O–H groups in total. The summed E-state index contributed by atoms with van der Waals surface area (Å²) in [5, 5.41) is 0. The van der Waals surface area contributed by atoms with Crippen LogP contribution in [-0.2, 0) is 14.3 Å². The third-order valence-corrected chi connectivity index (χ3v) is 6.31. The Morgan fingerprint density at radius 2 is 1.86 bits per heavy atom. The molecule has 1 aliphatic heterocycles. The molecule has 1 aromatic carbocycles. The first-order valence-corrected chi connectivity index (χ1v) is 10.0. The summed E-state index contributed by atoms with van der Waals surface area (Å²) in [5.41, 5.74) is 0.461. The van der Waals surface area contributed by atoms with Gasteiger partial charge in [0, 0.05) is 24.6 Å². The van der Waals surface area contributed by atoms with Gasteiger partial charge in [0.2, 0.25) is 5.91 Å². The highest BCUT2D eigenvalue weighted by atomic mass is 16.5. The van der Waals surface area contributed by atoms with Gasteiger partial charge in [0.25, 0.3) is 0 Å². The molecule has 1 saturated heterocycles. The van der Waals surface area contributed by atoms with Crippen molar-refractivity contribution in [1.29, 1.82) is 0 Å². The lowest BCUT2D eigenvalue weighted by molar-refractivity contribution is -0.147. The third kappa shape index (κ3) is 4.37. The monoisotopic (exact) mass is 387 g/mol. The number of ketones is 1. The van der Waals surface area contributed by atoms with Crippen LogP contribution in [0.4, 0.5) is 0 Å². The Labute approximate surface area is 166 Å². The number of carbonyl (C=O) groups excluding carboxylic acids is 3. The number of benzene rings is 1. The minimum Gasteiger partial charge on any atom is -0.497 e. The lowest BCUT2D eigenvalue weighted by Gasteiger charge is -2.39. The molecule has 0 unspecified atom stereocenters.